The minimum atomic E-state index is -3.96. The Labute approximate surface area is 208 Å². The van der Waals surface area contributed by atoms with Crippen LogP contribution in [0.2, 0.25) is 5.02 Å². The van der Waals surface area contributed by atoms with Gasteiger partial charge in [-0.3, -0.25) is 9.52 Å². The monoisotopic (exact) mass is 508 g/mol. The minimum absolute atomic E-state index is 0.0516. The number of hydrogen-bond acceptors (Lipinski definition) is 5. The van der Waals surface area contributed by atoms with E-state index in [0.717, 1.165) is 0 Å². The van der Waals surface area contributed by atoms with E-state index in [1.165, 1.54) is 31.4 Å². The molecule has 4 rings (SSSR count). The Balaban J connectivity index is 1.52. The molecule has 1 amide bonds. The smallest absolute Gasteiger partial charge is 0.261 e. The maximum atomic E-state index is 13.0. The van der Waals surface area contributed by atoms with Gasteiger partial charge in [0.2, 0.25) is 0 Å². The first-order chi connectivity index (χ1) is 16.8. The molecule has 178 valence electrons. The van der Waals surface area contributed by atoms with Gasteiger partial charge in [-0.15, -0.1) is 0 Å². The van der Waals surface area contributed by atoms with Crippen molar-refractivity contribution in [2.45, 2.75) is 4.90 Å². The number of rotatable bonds is 8. The molecule has 0 unspecified atom stereocenters. The van der Waals surface area contributed by atoms with Crippen LogP contribution in [0.5, 0.6) is 17.2 Å². The van der Waals surface area contributed by atoms with Crippen molar-refractivity contribution >= 4 is 38.9 Å². The first kappa shape index (κ1) is 24.1. The lowest BCUT2D eigenvalue weighted by molar-refractivity contribution is 0.102. The first-order valence-corrected chi connectivity index (χ1v) is 12.3. The Kier molecular flexibility index (Phi) is 7.24. The molecule has 35 heavy (non-hydrogen) atoms. The van der Waals surface area contributed by atoms with Crippen molar-refractivity contribution in [1.82, 2.24) is 0 Å². The van der Waals surface area contributed by atoms with Crippen LogP contribution in [0, 0.1) is 0 Å². The molecule has 0 bridgehead atoms. The van der Waals surface area contributed by atoms with Gasteiger partial charge >= 0.3 is 0 Å². The molecule has 0 saturated heterocycles. The van der Waals surface area contributed by atoms with Crippen molar-refractivity contribution < 1.29 is 22.7 Å². The zero-order valence-corrected chi connectivity index (χ0v) is 20.1. The van der Waals surface area contributed by atoms with Gasteiger partial charge < -0.3 is 14.8 Å². The van der Waals surface area contributed by atoms with Crippen molar-refractivity contribution in [1.29, 1.82) is 0 Å². The van der Waals surface area contributed by atoms with E-state index in [-0.39, 0.29) is 10.6 Å². The lowest BCUT2D eigenvalue weighted by Crippen LogP contribution is -2.15. The van der Waals surface area contributed by atoms with E-state index in [1.807, 2.05) is 30.3 Å². The number of carbonyl (C=O) groups excluding carboxylic acids is 1. The number of carbonyl (C=O) groups is 1. The van der Waals surface area contributed by atoms with Gasteiger partial charge in [-0.25, -0.2) is 8.42 Å². The summed E-state index contributed by atoms with van der Waals surface area (Å²) in [7, 11) is -2.53. The molecule has 0 heterocycles. The molecule has 2 N–H and O–H groups in total. The molecule has 0 aliphatic heterocycles. The molecule has 0 radical (unpaired) electrons. The van der Waals surface area contributed by atoms with Gasteiger partial charge in [-0.2, -0.15) is 0 Å². The average molecular weight is 509 g/mol. The molecule has 4 aromatic rings. The standard InChI is InChI=1S/C26H21ClN2O5S/c1-33-25-15-14-23(17-24(25)28-26(30)18-6-5-7-19(27)16-18)35(31,32)29-20-10-12-22(13-11-20)34-21-8-3-2-4-9-21/h2-17,29H,1H3,(H,28,30). The largest absolute Gasteiger partial charge is 0.495 e. The van der Waals surface area contributed by atoms with Crippen LogP contribution in [0.4, 0.5) is 11.4 Å². The second kappa shape index (κ2) is 10.5. The van der Waals surface area contributed by atoms with Crippen molar-refractivity contribution in [2.75, 3.05) is 17.1 Å². The van der Waals surface area contributed by atoms with E-state index < -0.39 is 15.9 Å². The Hall–Kier alpha value is -4.01. The van der Waals surface area contributed by atoms with Gasteiger partial charge in [-0.1, -0.05) is 35.9 Å². The van der Waals surface area contributed by atoms with Gasteiger partial charge in [0.05, 0.1) is 17.7 Å². The van der Waals surface area contributed by atoms with Crippen LogP contribution in [-0.4, -0.2) is 21.4 Å². The summed E-state index contributed by atoms with van der Waals surface area (Å²) in [6.07, 6.45) is 0. The Morgan fingerprint density at radius 1 is 0.829 bits per heavy atom. The number of sulfonamides is 1. The van der Waals surface area contributed by atoms with Crippen LogP contribution in [0.3, 0.4) is 0 Å². The van der Waals surface area contributed by atoms with Gasteiger partial charge in [0.25, 0.3) is 15.9 Å². The van der Waals surface area contributed by atoms with Gasteiger partial charge in [0, 0.05) is 16.3 Å². The van der Waals surface area contributed by atoms with Crippen LogP contribution in [0.15, 0.2) is 102 Å². The number of methoxy groups -OCH3 is 1. The fourth-order valence-electron chi connectivity index (χ4n) is 3.21. The van der Waals surface area contributed by atoms with Crippen LogP contribution in [0.1, 0.15) is 10.4 Å². The highest BCUT2D eigenvalue weighted by molar-refractivity contribution is 7.92. The van der Waals surface area contributed by atoms with Crippen molar-refractivity contribution in [3.63, 3.8) is 0 Å². The highest BCUT2D eigenvalue weighted by Crippen LogP contribution is 2.30. The highest BCUT2D eigenvalue weighted by Gasteiger charge is 2.18. The number of nitrogens with one attached hydrogen (secondary N) is 2. The van der Waals surface area contributed by atoms with Crippen LogP contribution >= 0.6 is 11.6 Å². The first-order valence-electron chi connectivity index (χ1n) is 10.4. The van der Waals surface area contributed by atoms with Crippen molar-refractivity contribution in [3.8, 4) is 17.2 Å². The molecule has 4 aromatic carbocycles. The predicted molar refractivity (Wildman–Crippen MR) is 136 cm³/mol. The molecule has 0 fully saturated rings. The summed E-state index contributed by atoms with van der Waals surface area (Å²) in [6, 6.07) is 26.4. The second-order valence-corrected chi connectivity index (χ2v) is 9.49. The quantitative estimate of drug-likeness (QED) is 0.296. The molecule has 0 aliphatic rings. The topological polar surface area (TPSA) is 93.7 Å². The molecule has 7 nitrogen and oxygen atoms in total. The second-order valence-electron chi connectivity index (χ2n) is 7.37. The summed E-state index contributed by atoms with van der Waals surface area (Å²) in [6.45, 7) is 0. The fraction of sp³-hybridized carbons (Fsp3) is 0.0385. The maximum Gasteiger partial charge on any atom is 0.261 e. The minimum Gasteiger partial charge on any atom is -0.495 e. The molecule has 0 aliphatic carbocycles. The zero-order chi connectivity index (χ0) is 24.8. The molecule has 0 saturated carbocycles. The van der Waals surface area contributed by atoms with Crippen LogP contribution in [0.25, 0.3) is 0 Å². The third kappa shape index (κ3) is 6.11. The number of benzene rings is 4. The molecular weight excluding hydrogens is 488 g/mol. The summed E-state index contributed by atoms with van der Waals surface area (Å²) < 4.78 is 39.6. The normalized spacial score (nSPS) is 10.9. The Morgan fingerprint density at radius 2 is 1.54 bits per heavy atom. The third-order valence-corrected chi connectivity index (χ3v) is 6.52. The summed E-state index contributed by atoms with van der Waals surface area (Å²) >= 11 is 5.96. The number of para-hydroxylation sites is 1. The van der Waals surface area contributed by atoms with Gasteiger partial charge in [-0.05, 0) is 72.8 Å². The van der Waals surface area contributed by atoms with Crippen LogP contribution in [-0.2, 0) is 10.0 Å². The molecule has 0 spiro atoms. The molecule has 0 aromatic heterocycles. The van der Waals surface area contributed by atoms with E-state index in [0.29, 0.717) is 33.5 Å². The summed E-state index contributed by atoms with van der Waals surface area (Å²) in [5.74, 6) is 1.09. The molecule has 0 atom stereocenters. The number of hydrogen-bond donors (Lipinski definition) is 2. The number of anilines is 2. The third-order valence-electron chi connectivity index (χ3n) is 4.90. The maximum absolute atomic E-state index is 13.0. The summed E-state index contributed by atoms with van der Waals surface area (Å²) in [4.78, 5) is 12.6. The van der Waals surface area contributed by atoms with E-state index in [4.69, 9.17) is 21.1 Å². The van der Waals surface area contributed by atoms with Gasteiger partial charge in [0.1, 0.15) is 17.2 Å². The SMILES string of the molecule is COc1ccc(S(=O)(=O)Nc2ccc(Oc3ccccc3)cc2)cc1NC(=O)c1cccc(Cl)c1. The van der Waals surface area contributed by atoms with E-state index in [1.54, 1.807) is 42.5 Å². The number of halogens is 1. The van der Waals surface area contributed by atoms with E-state index >= 15 is 0 Å². The predicted octanol–water partition coefficient (Wildman–Crippen LogP) is 6.19. The average Bonchev–Trinajstić information content (AvgIpc) is 2.85. The van der Waals surface area contributed by atoms with Gasteiger partial charge in [0.15, 0.2) is 0 Å². The number of ether oxygens (including phenoxy) is 2. The fourth-order valence-corrected chi connectivity index (χ4v) is 4.48. The summed E-state index contributed by atoms with van der Waals surface area (Å²) in [5.41, 5.74) is 0.876. The van der Waals surface area contributed by atoms with Crippen molar-refractivity contribution in [3.05, 3.63) is 108 Å². The van der Waals surface area contributed by atoms with E-state index in [9.17, 15) is 13.2 Å². The summed E-state index contributed by atoms with van der Waals surface area (Å²) in [5, 5.41) is 3.09. The van der Waals surface area contributed by atoms with Crippen molar-refractivity contribution in [2.24, 2.45) is 0 Å². The Bertz CT molecular complexity index is 1440. The highest BCUT2D eigenvalue weighted by atomic mass is 35.5. The number of amides is 1. The lowest BCUT2D eigenvalue weighted by atomic mass is 10.2. The molecular formula is C26H21ClN2O5S. The lowest BCUT2D eigenvalue weighted by Gasteiger charge is -2.14. The van der Waals surface area contributed by atoms with E-state index in [2.05, 4.69) is 10.0 Å². The molecule has 9 heteroatoms. The zero-order valence-electron chi connectivity index (χ0n) is 18.6. The van der Waals surface area contributed by atoms with Crippen LogP contribution < -0.4 is 19.5 Å². The Morgan fingerprint density at radius 3 is 2.23 bits per heavy atom.